The molecule has 3 aromatic carbocycles. The van der Waals surface area contributed by atoms with Crippen molar-refractivity contribution in [3.63, 3.8) is 0 Å². The number of thiazole rings is 1. The molecule has 0 bridgehead atoms. The van der Waals surface area contributed by atoms with Crippen LogP contribution < -0.4 is 19.6 Å². The maximum absolute atomic E-state index is 13.9. The zero-order valence-corrected chi connectivity index (χ0v) is 27.4. The van der Waals surface area contributed by atoms with Crippen LogP contribution in [-0.2, 0) is 16.1 Å². The van der Waals surface area contributed by atoms with Gasteiger partial charge in [-0.2, -0.15) is 0 Å². The Balaban J connectivity index is 1.60. The molecular formula is C30H22Br2ClN3O6S. The Bertz CT molecular complexity index is 1970. The van der Waals surface area contributed by atoms with Crippen LogP contribution in [0, 0.1) is 10.1 Å². The first-order valence-corrected chi connectivity index (χ1v) is 15.7. The van der Waals surface area contributed by atoms with Crippen molar-refractivity contribution < 1.29 is 19.2 Å². The number of aromatic nitrogens is 1. The molecule has 0 aliphatic carbocycles. The quantitative estimate of drug-likeness (QED) is 0.116. The van der Waals surface area contributed by atoms with Gasteiger partial charge in [0.25, 0.3) is 5.56 Å². The number of fused-ring (bicyclic) bond motifs is 1. The molecule has 5 rings (SSSR count). The number of ether oxygens (including phenoxy) is 2. The van der Waals surface area contributed by atoms with Crippen LogP contribution in [0.3, 0.4) is 0 Å². The molecule has 9 nitrogen and oxygen atoms in total. The van der Waals surface area contributed by atoms with Gasteiger partial charge in [-0.05, 0) is 76.8 Å². The average Bonchev–Trinajstić information content (AvgIpc) is 3.26. The highest BCUT2D eigenvalue weighted by molar-refractivity contribution is 9.10. The predicted molar refractivity (Wildman–Crippen MR) is 171 cm³/mol. The van der Waals surface area contributed by atoms with Crippen molar-refractivity contribution >= 4 is 72.5 Å². The Morgan fingerprint density at radius 1 is 1.19 bits per heavy atom. The summed E-state index contributed by atoms with van der Waals surface area (Å²) in [5.74, 6) is -0.527. The smallest absolute Gasteiger partial charge is 0.338 e. The third-order valence-electron chi connectivity index (χ3n) is 6.55. The van der Waals surface area contributed by atoms with Crippen LogP contribution >= 0.6 is 54.8 Å². The number of benzene rings is 3. The van der Waals surface area contributed by atoms with E-state index in [1.165, 1.54) is 10.6 Å². The topological polar surface area (TPSA) is 113 Å². The Labute approximate surface area is 271 Å². The summed E-state index contributed by atoms with van der Waals surface area (Å²) in [6, 6.07) is 16.5. The SMILES string of the molecule is CCOC(=O)C1=C(C)N=c2s/c(=C\c3cc(Br)c(OCc4ccc(Br)cc4)c([N+](=O)[O-])c3)c(=O)n2[C@H]1c1ccccc1Cl. The van der Waals surface area contributed by atoms with Crippen LogP contribution in [0.25, 0.3) is 6.08 Å². The van der Waals surface area contributed by atoms with E-state index >= 15 is 0 Å². The number of hydrogen-bond donors (Lipinski definition) is 0. The molecule has 0 amide bonds. The number of nitro groups is 1. The summed E-state index contributed by atoms with van der Waals surface area (Å²) in [4.78, 5) is 43.4. The normalized spacial score (nSPS) is 14.7. The molecule has 1 aromatic heterocycles. The Morgan fingerprint density at radius 3 is 2.58 bits per heavy atom. The molecule has 0 fully saturated rings. The summed E-state index contributed by atoms with van der Waals surface area (Å²) in [7, 11) is 0. The minimum Gasteiger partial charge on any atom is -0.481 e. The van der Waals surface area contributed by atoms with Gasteiger partial charge < -0.3 is 9.47 Å². The van der Waals surface area contributed by atoms with Crippen LogP contribution in [0.2, 0.25) is 5.02 Å². The lowest BCUT2D eigenvalue weighted by molar-refractivity contribution is -0.386. The van der Waals surface area contributed by atoms with Gasteiger partial charge in [0.15, 0.2) is 4.80 Å². The molecule has 0 spiro atoms. The molecule has 0 N–H and O–H groups in total. The van der Waals surface area contributed by atoms with Gasteiger partial charge in [0, 0.05) is 15.6 Å². The van der Waals surface area contributed by atoms with Gasteiger partial charge in [-0.15, -0.1) is 0 Å². The summed E-state index contributed by atoms with van der Waals surface area (Å²) in [5.41, 5.74) is 1.69. The van der Waals surface area contributed by atoms with Crippen molar-refractivity contribution in [2.24, 2.45) is 4.99 Å². The number of esters is 1. The fraction of sp³-hybridized carbons (Fsp3) is 0.167. The van der Waals surface area contributed by atoms with Gasteiger partial charge in [0.05, 0.1) is 31.8 Å². The molecule has 43 heavy (non-hydrogen) atoms. The maximum atomic E-state index is 13.9. The monoisotopic (exact) mass is 745 g/mol. The van der Waals surface area contributed by atoms with Crippen molar-refractivity contribution in [1.29, 1.82) is 0 Å². The standard InChI is InChI=1S/C30H22Br2ClN3O6S/c1-3-41-29(38)25-16(2)34-30-35(26(25)20-6-4-5-7-22(20)33)28(37)24(43-30)14-18-12-21(32)27(23(13-18)36(39)40)42-15-17-8-10-19(31)11-9-17/h4-14,26H,3,15H2,1-2H3/b24-14-/t26-/m0/s1. The van der Waals surface area contributed by atoms with Crippen LogP contribution in [0.4, 0.5) is 5.69 Å². The van der Waals surface area contributed by atoms with Gasteiger partial charge >= 0.3 is 11.7 Å². The molecule has 0 saturated heterocycles. The lowest BCUT2D eigenvalue weighted by atomic mass is 9.96. The summed E-state index contributed by atoms with van der Waals surface area (Å²) in [6.07, 6.45) is 1.55. The van der Waals surface area contributed by atoms with E-state index in [1.807, 2.05) is 24.3 Å². The van der Waals surface area contributed by atoms with Crippen LogP contribution in [-0.4, -0.2) is 22.1 Å². The van der Waals surface area contributed by atoms with Crippen LogP contribution in [0.15, 0.2) is 90.7 Å². The van der Waals surface area contributed by atoms with E-state index in [2.05, 4.69) is 36.9 Å². The highest BCUT2D eigenvalue weighted by atomic mass is 79.9. The molecule has 0 unspecified atom stereocenters. The number of halogens is 3. The maximum Gasteiger partial charge on any atom is 0.338 e. The number of carbonyl (C=O) groups excluding carboxylic acids is 1. The van der Waals surface area contributed by atoms with Crippen molar-refractivity contribution in [1.82, 2.24) is 4.57 Å². The third kappa shape index (κ3) is 6.37. The molecule has 2 heterocycles. The number of allylic oxidation sites excluding steroid dienone is 1. The van der Waals surface area contributed by atoms with Crippen LogP contribution in [0.5, 0.6) is 5.75 Å². The van der Waals surface area contributed by atoms with Crippen molar-refractivity contribution in [3.8, 4) is 5.75 Å². The van der Waals surface area contributed by atoms with E-state index in [1.54, 1.807) is 50.3 Å². The van der Waals surface area contributed by atoms with E-state index < -0.39 is 22.5 Å². The minimum atomic E-state index is -0.874. The molecule has 13 heteroatoms. The second-order valence-corrected chi connectivity index (χ2v) is 12.5. The lowest BCUT2D eigenvalue weighted by Gasteiger charge is -2.25. The summed E-state index contributed by atoms with van der Waals surface area (Å²) < 4.78 is 14.1. The first-order chi connectivity index (χ1) is 20.6. The molecule has 1 atom stereocenters. The summed E-state index contributed by atoms with van der Waals surface area (Å²) >= 11 is 14.4. The fourth-order valence-corrected chi connectivity index (χ4v) is 6.76. The van der Waals surface area contributed by atoms with E-state index in [0.29, 0.717) is 31.1 Å². The van der Waals surface area contributed by atoms with Gasteiger partial charge in [0.1, 0.15) is 12.6 Å². The average molecular weight is 748 g/mol. The number of nitro benzene ring substituents is 1. The second kappa shape index (κ2) is 13.0. The first kappa shape index (κ1) is 30.9. The first-order valence-electron chi connectivity index (χ1n) is 12.9. The van der Waals surface area contributed by atoms with E-state index in [0.717, 1.165) is 21.4 Å². The van der Waals surface area contributed by atoms with Crippen molar-refractivity contribution in [3.05, 3.63) is 132 Å². The zero-order chi connectivity index (χ0) is 30.8. The summed E-state index contributed by atoms with van der Waals surface area (Å²) in [6.45, 7) is 3.64. The molecule has 4 aromatic rings. The molecular weight excluding hydrogens is 726 g/mol. The van der Waals surface area contributed by atoms with Crippen LogP contribution in [0.1, 0.15) is 36.6 Å². The number of carbonyl (C=O) groups is 1. The van der Waals surface area contributed by atoms with Crippen molar-refractivity contribution in [2.75, 3.05) is 6.61 Å². The van der Waals surface area contributed by atoms with Gasteiger partial charge in [0.2, 0.25) is 5.75 Å². The zero-order valence-electron chi connectivity index (χ0n) is 22.7. The van der Waals surface area contributed by atoms with E-state index in [-0.39, 0.29) is 34.8 Å². The van der Waals surface area contributed by atoms with Crippen molar-refractivity contribution in [2.45, 2.75) is 26.5 Å². The molecule has 220 valence electrons. The fourth-order valence-electron chi connectivity index (χ4n) is 4.63. The lowest BCUT2D eigenvalue weighted by Crippen LogP contribution is -2.40. The van der Waals surface area contributed by atoms with E-state index in [4.69, 9.17) is 21.1 Å². The highest BCUT2D eigenvalue weighted by Gasteiger charge is 2.34. The molecule has 0 saturated carbocycles. The Hall–Kier alpha value is -3.58. The second-order valence-electron chi connectivity index (χ2n) is 9.35. The predicted octanol–water partition coefficient (Wildman–Crippen LogP) is 6.46. The summed E-state index contributed by atoms with van der Waals surface area (Å²) in [5, 5.41) is 12.4. The van der Waals surface area contributed by atoms with Gasteiger partial charge in [-0.1, -0.05) is 69.2 Å². The minimum absolute atomic E-state index is 0.0694. The highest BCUT2D eigenvalue weighted by Crippen LogP contribution is 2.38. The largest absolute Gasteiger partial charge is 0.481 e. The molecule has 1 aliphatic rings. The Kier molecular flexibility index (Phi) is 9.30. The number of nitrogens with zero attached hydrogens (tertiary/aromatic N) is 3. The number of rotatable bonds is 8. The third-order valence-corrected chi connectivity index (χ3v) is 9.00. The van der Waals surface area contributed by atoms with E-state index in [9.17, 15) is 19.7 Å². The molecule has 1 aliphatic heterocycles. The molecule has 0 radical (unpaired) electrons. The number of hydrogen-bond acceptors (Lipinski definition) is 8. The van der Waals surface area contributed by atoms with Gasteiger partial charge in [-0.3, -0.25) is 19.5 Å². The Morgan fingerprint density at radius 2 is 1.91 bits per heavy atom. The van der Waals surface area contributed by atoms with Gasteiger partial charge in [-0.25, -0.2) is 9.79 Å².